The van der Waals surface area contributed by atoms with Crippen LogP contribution in [0.4, 0.5) is 0 Å². The molecule has 0 radical (unpaired) electrons. The zero-order valence-electron chi connectivity index (χ0n) is 9.88. The van der Waals surface area contributed by atoms with Gasteiger partial charge in [0.2, 0.25) is 0 Å². The SMILES string of the molecule is CC1CN(C(=O)c2cnn(C)c2)C(C)CO1. The summed E-state index contributed by atoms with van der Waals surface area (Å²) >= 11 is 0. The van der Waals surface area contributed by atoms with E-state index in [1.807, 2.05) is 25.8 Å². The Morgan fingerprint density at radius 3 is 2.94 bits per heavy atom. The van der Waals surface area contributed by atoms with Crippen LogP contribution in [0.25, 0.3) is 0 Å². The fourth-order valence-corrected chi connectivity index (χ4v) is 1.88. The van der Waals surface area contributed by atoms with Crippen molar-refractivity contribution in [1.82, 2.24) is 14.7 Å². The zero-order chi connectivity index (χ0) is 11.7. The topological polar surface area (TPSA) is 47.4 Å². The molecule has 0 aliphatic carbocycles. The lowest BCUT2D eigenvalue weighted by Crippen LogP contribution is -2.50. The lowest BCUT2D eigenvalue weighted by atomic mass is 10.2. The molecule has 0 spiro atoms. The first-order valence-electron chi connectivity index (χ1n) is 5.49. The van der Waals surface area contributed by atoms with Gasteiger partial charge in [-0.2, -0.15) is 5.10 Å². The number of hydrogen-bond donors (Lipinski definition) is 0. The molecule has 0 N–H and O–H groups in total. The van der Waals surface area contributed by atoms with E-state index < -0.39 is 0 Å². The Balaban J connectivity index is 2.14. The van der Waals surface area contributed by atoms with Gasteiger partial charge >= 0.3 is 0 Å². The van der Waals surface area contributed by atoms with Crippen LogP contribution in [0.5, 0.6) is 0 Å². The van der Waals surface area contributed by atoms with E-state index in [2.05, 4.69) is 5.10 Å². The molecule has 16 heavy (non-hydrogen) atoms. The molecule has 1 amide bonds. The highest BCUT2D eigenvalue weighted by Crippen LogP contribution is 2.14. The monoisotopic (exact) mass is 223 g/mol. The molecule has 2 heterocycles. The predicted octanol–water partition coefficient (Wildman–Crippen LogP) is 0.669. The zero-order valence-corrected chi connectivity index (χ0v) is 9.88. The van der Waals surface area contributed by atoms with Gasteiger partial charge in [-0.1, -0.05) is 0 Å². The minimum atomic E-state index is 0.0377. The van der Waals surface area contributed by atoms with E-state index >= 15 is 0 Å². The van der Waals surface area contributed by atoms with E-state index in [1.165, 1.54) is 0 Å². The molecule has 88 valence electrons. The van der Waals surface area contributed by atoms with Gasteiger partial charge < -0.3 is 9.64 Å². The van der Waals surface area contributed by atoms with Gasteiger partial charge in [-0.05, 0) is 13.8 Å². The van der Waals surface area contributed by atoms with Crippen molar-refractivity contribution >= 4 is 5.91 Å². The first-order chi connectivity index (χ1) is 7.58. The molecule has 1 fully saturated rings. The first-order valence-corrected chi connectivity index (χ1v) is 5.49. The maximum absolute atomic E-state index is 12.2. The average Bonchev–Trinajstić information content (AvgIpc) is 2.67. The van der Waals surface area contributed by atoms with Gasteiger partial charge in [0, 0.05) is 19.8 Å². The molecule has 0 aromatic carbocycles. The van der Waals surface area contributed by atoms with Crippen molar-refractivity contribution in [3.05, 3.63) is 18.0 Å². The molecule has 2 atom stereocenters. The summed E-state index contributed by atoms with van der Waals surface area (Å²) in [5.41, 5.74) is 0.642. The molecule has 5 heteroatoms. The standard InChI is InChI=1S/C11H17N3O2/c1-8-7-16-9(2)5-14(8)11(15)10-4-12-13(3)6-10/h4,6,8-9H,5,7H2,1-3H3. The van der Waals surface area contributed by atoms with Gasteiger partial charge in [-0.3, -0.25) is 9.48 Å². The van der Waals surface area contributed by atoms with E-state index in [-0.39, 0.29) is 18.1 Å². The van der Waals surface area contributed by atoms with Gasteiger partial charge in [0.15, 0.2) is 0 Å². The lowest BCUT2D eigenvalue weighted by molar-refractivity contribution is -0.0387. The molecule has 1 aliphatic rings. The van der Waals surface area contributed by atoms with Crippen LogP contribution in [-0.4, -0.2) is 45.9 Å². The smallest absolute Gasteiger partial charge is 0.257 e. The summed E-state index contributed by atoms with van der Waals surface area (Å²) in [6, 6.07) is 0.129. The van der Waals surface area contributed by atoms with Crippen molar-refractivity contribution in [3.63, 3.8) is 0 Å². The number of nitrogens with zero attached hydrogens (tertiary/aromatic N) is 3. The normalized spacial score (nSPS) is 25.8. The van der Waals surface area contributed by atoms with Crippen molar-refractivity contribution in [1.29, 1.82) is 0 Å². The summed E-state index contributed by atoms with van der Waals surface area (Å²) < 4.78 is 7.14. The van der Waals surface area contributed by atoms with Gasteiger partial charge in [-0.25, -0.2) is 0 Å². The largest absolute Gasteiger partial charge is 0.375 e. The second-order valence-corrected chi connectivity index (χ2v) is 4.35. The Bertz CT molecular complexity index is 388. The Morgan fingerprint density at radius 1 is 1.56 bits per heavy atom. The second-order valence-electron chi connectivity index (χ2n) is 4.35. The third-order valence-corrected chi connectivity index (χ3v) is 2.82. The average molecular weight is 223 g/mol. The van der Waals surface area contributed by atoms with Crippen LogP contribution in [0.2, 0.25) is 0 Å². The van der Waals surface area contributed by atoms with Crippen molar-refractivity contribution in [2.75, 3.05) is 13.2 Å². The summed E-state index contributed by atoms with van der Waals surface area (Å²) in [4.78, 5) is 14.0. The van der Waals surface area contributed by atoms with Crippen molar-refractivity contribution < 1.29 is 9.53 Å². The molecule has 1 aromatic heterocycles. The number of morpholine rings is 1. The van der Waals surface area contributed by atoms with Crippen molar-refractivity contribution in [2.24, 2.45) is 7.05 Å². The Labute approximate surface area is 95.0 Å². The maximum atomic E-state index is 12.2. The summed E-state index contributed by atoms with van der Waals surface area (Å²) in [5, 5.41) is 4.01. The minimum Gasteiger partial charge on any atom is -0.375 e. The van der Waals surface area contributed by atoms with E-state index in [9.17, 15) is 4.79 Å². The highest BCUT2D eigenvalue weighted by Gasteiger charge is 2.28. The van der Waals surface area contributed by atoms with Gasteiger partial charge in [0.05, 0.1) is 30.5 Å². The number of amides is 1. The predicted molar refractivity (Wildman–Crippen MR) is 59.1 cm³/mol. The second kappa shape index (κ2) is 4.25. The highest BCUT2D eigenvalue weighted by molar-refractivity contribution is 5.94. The Kier molecular flexibility index (Phi) is 2.96. The van der Waals surface area contributed by atoms with E-state index in [4.69, 9.17) is 4.74 Å². The van der Waals surface area contributed by atoms with Crippen LogP contribution in [-0.2, 0) is 11.8 Å². The molecule has 2 rings (SSSR count). The van der Waals surface area contributed by atoms with E-state index in [0.717, 1.165) is 0 Å². The van der Waals surface area contributed by atoms with Gasteiger partial charge in [0.1, 0.15) is 0 Å². The molecule has 1 aliphatic heterocycles. The highest BCUT2D eigenvalue weighted by atomic mass is 16.5. The fourth-order valence-electron chi connectivity index (χ4n) is 1.88. The van der Waals surface area contributed by atoms with Crippen molar-refractivity contribution in [3.8, 4) is 0 Å². The molecule has 5 nitrogen and oxygen atoms in total. The Morgan fingerprint density at radius 2 is 2.31 bits per heavy atom. The molecule has 2 unspecified atom stereocenters. The number of aryl methyl sites for hydroxylation is 1. The quantitative estimate of drug-likeness (QED) is 0.703. The number of rotatable bonds is 1. The fraction of sp³-hybridized carbons (Fsp3) is 0.636. The van der Waals surface area contributed by atoms with Crippen LogP contribution in [0.1, 0.15) is 24.2 Å². The van der Waals surface area contributed by atoms with Crippen LogP contribution < -0.4 is 0 Å². The van der Waals surface area contributed by atoms with Crippen LogP contribution in [0, 0.1) is 0 Å². The van der Waals surface area contributed by atoms with E-state index in [0.29, 0.717) is 18.7 Å². The molecular weight excluding hydrogens is 206 g/mol. The number of carbonyl (C=O) groups excluding carboxylic acids is 1. The number of ether oxygens (including phenoxy) is 1. The maximum Gasteiger partial charge on any atom is 0.257 e. The van der Waals surface area contributed by atoms with Crippen LogP contribution >= 0.6 is 0 Å². The van der Waals surface area contributed by atoms with E-state index in [1.54, 1.807) is 17.1 Å². The Hall–Kier alpha value is -1.36. The van der Waals surface area contributed by atoms with Crippen LogP contribution in [0.3, 0.4) is 0 Å². The third-order valence-electron chi connectivity index (χ3n) is 2.82. The van der Waals surface area contributed by atoms with Gasteiger partial charge in [-0.15, -0.1) is 0 Å². The molecule has 1 aromatic rings. The summed E-state index contributed by atoms with van der Waals surface area (Å²) in [6.07, 6.45) is 3.46. The van der Waals surface area contributed by atoms with Crippen LogP contribution in [0.15, 0.2) is 12.4 Å². The lowest BCUT2D eigenvalue weighted by Gasteiger charge is -2.36. The molecule has 0 bridgehead atoms. The summed E-state index contributed by atoms with van der Waals surface area (Å²) in [5.74, 6) is 0.0377. The summed E-state index contributed by atoms with van der Waals surface area (Å²) in [6.45, 7) is 5.23. The number of carbonyl (C=O) groups is 1. The minimum absolute atomic E-state index is 0.0377. The van der Waals surface area contributed by atoms with Gasteiger partial charge in [0.25, 0.3) is 5.91 Å². The summed E-state index contributed by atoms with van der Waals surface area (Å²) in [7, 11) is 1.81. The molecule has 1 saturated heterocycles. The first kappa shape index (κ1) is 11.1. The van der Waals surface area contributed by atoms with Crippen molar-refractivity contribution in [2.45, 2.75) is 26.0 Å². The molecule has 0 saturated carbocycles. The third kappa shape index (κ3) is 2.09. The number of aromatic nitrogens is 2. The number of hydrogen-bond acceptors (Lipinski definition) is 3. The molecular formula is C11H17N3O2.